The number of rotatable bonds is 4. The molecule has 0 fully saturated rings. The van der Waals surface area contributed by atoms with Gasteiger partial charge in [-0.05, 0) is 17.7 Å². The van der Waals surface area contributed by atoms with Gasteiger partial charge in [0.25, 0.3) is 0 Å². The van der Waals surface area contributed by atoms with Crippen LogP contribution in [-0.4, -0.2) is 25.1 Å². The maximum atomic E-state index is 11.6. The number of anilines is 1. The Morgan fingerprint density at radius 1 is 1.30 bits per heavy atom. The van der Waals surface area contributed by atoms with Crippen LogP contribution in [-0.2, 0) is 11.3 Å². The molecule has 4 nitrogen and oxygen atoms in total. The number of nitrogens with zero attached hydrogens (tertiary/aromatic N) is 2. The summed E-state index contributed by atoms with van der Waals surface area (Å²) in [4.78, 5) is 17.7. The zero-order valence-electron chi connectivity index (χ0n) is 11.3. The molecule has 0 spiro atoms. The lowest BCUT2D eigenvalue weighted by molar-refractivity contribution is 0.0600. The van der Waals surface area contributed by atoms with Crippen LogP contribution in [0.25, 0.3) is 0 Å². The van der Waals surface area contributed by atoms with E-state index in [0.29, 0.717) is 17.9 Å². The largest absolute Gasteiger partial charge is 0.465 e. The van der Waals surface area contributed by atoms with Gasteiger partial charge < -0.3 is 9.64 Å². The number of hydrogen-bond donors (Lipinski definition) is 0. The van der Waals surface area contributed by atoms with E-state index in [4.69, 9.17) is 16.3 Å². The van der Waals surface area contributed by atoms with Crippen LogP contribution in [0.2, 0.25) is 5.15 Å². The molecule has 0 N–H and O–H groups in total. The first-order valence-corrected chi connectivity index (χ1v) is 6.49. The maximum absolute atomic E-state index is 11.6. The third kappa shape index (κ3) is 3.48. The number of hydrogen-bond acceptors (Lipinski definition) is 4. The van der Waals surface area contributed by atoms with Crippen molar-refractivity contribution in [2.45, 2.75) is 6.54 Å². The monoisotopic (exact) mass is 290 g/mol. The summed E-state index contributed by atoms with van der Waals surface area (Å²) < 4.78 is 4.70. The predicted octanol–water partition coefficient (Wildman–Crippen LogP) is 3.16. The standard InChI is InChI=1S/C15H15ClN2O2/c1-18(10-11-6-4-3-5-7-11)14-9-12(15(19)20-2)8-13(16)17-14/h3-9H,10H2,1-2H3. The molecule has 2 aromatic rings. The van der Waals surface area contributed by atoms with Crippen LogP contribution in [0.15, 0.2) is 42.5 Å². The van der Waals surface area contributed by atoms with Crippen LogP contribution in [0, 0.1) is 0 Å². The van der Waals surface area contributed by atoms with E-state index < -0.39 is 5.97 Å². The molecule has 20 heavy (non-hydrogen) atoms. The lowest BCUT2D eigenvalue weighted by Crippen LogP contribution is -2.18. The van der Waals surface area contributed by atoms with Gasteiger partial charge in [0.05, 0.1) is 12.7 Å². The molecular formula is C15H15ClN2O2. The number of methoxy groups -OCH3 is 1. The summed E-state index contributed by atoms with van der Waals surface area (Å²) in [6.07, 6.45) is 0. The van der Waals surface area contributed by atoms with Crippen LogP contribution < -0.4 is 4.90 Å². The van der Waals surface area contributed by atoms with Crippen LogP contribution in [0.1, 0.15) is 15.9 Å². The quantitative estimate of drug-likeness (QED) is 0.641. The number of esters is 1. The van der Waals surface area contributed by atoms with Gasteiger partial charge in [-0.2, -0.15) is 0 Å². The third-order valence-electron chi connectivity index (χ3n) is 2.86. The molecule has 0 aliphatic carbocycles. The van der Waals surface area contributed by atoms with Gasteiger partial charge in [0, 0.05) is 13.6 Å². The topological polar surface area (TPSA) is 42.4 Å². The smallest absolute Gasteiger partial charge is 0.338 e. The molecule has 1 heterocycles. The minimum atomic E-state index is -0.427. The second kappa shape index (κ2) is 6.39. The fourth-order valence-electron chi connectivity index (χ4n) is 1.85. The molecule has 1 aromatic carbocycles. The summed E-state index contributed by atoms with van der Waals surface area (Å²) in [5.74, 6) is 0.199. The van der Waals surface area contributed by atoms with Crippen molar-refractivity contribution in [1.29, 1.82) is 0 Å². The van der Waals surface area contributed by atoms with Gasteiger partial charge in [0.1, 0.15) is 11.0 Å². The van der Waals surface area contributed by atoms with Gasteiger partial charge in [-0.15, -0.1) is 0 Å². The Hall–Kier alpha value is -2.07. The first kappa shape index (κ1) is 14.3. The molecule has 0 saturated heterocycles. The van der Waals surface area contributed by atoms with Gasteiger partial charge in [-0.25, -0.2) is 9.78 Å². The van der Waals surface area contributed by atoms with Crippen molar-refractivity contribution in [3.05, 3.63) is 58.7 Å². The molecule has 0 aliphatic heterocycles. The molecule has 1 aromatic heterocycles. The zero-order chi connectivity index (χ0) is 14.5. The summed E-state index contributed by atoms with van der Waals surface area (Å²) in [5.41, 5.74) is 1.54. The van der Waals surface area contributed by atoms with Gasteiger partial charge >= 0.3 is 5.97 Å². The first-order valence-electron chi connectivity index (χ1n) is 6.11. The molecule has 104 valence electrons. The predicted molar refractivity (Wildman–Crippen MR) is 79.1 cm³/mol. The minimum absolute atomic E-state index is 0.266. The Balaban J connectivity index is 2.23. The highest BCUT2D eigenvalue weighted by atomic mass is 35.5. The zero-order valence-corrected chi connectivity index (χ0v) is 12.1. The van der Waals surface area contributed by atoms with Crippen molar-refractivity contribution in [3.63, 3.8) is 0 Å². The Labute approximate surface area is 123 Å². The van der Waals surface area contributed by atoms with E-state index >= 15 is 0 Å². The van der Waals surface area contributed by atoms with Crippen LogP contribution in [0.3, 0.4) is 0 Å². The highest BCUT2D eigenvalue weighted by Crippen LogP contribution is 2.19. The second-order valence-corrected chi connectivity index (χ2v) is 4.76. The summed E-state index contributed by atoms with van der Waals surface area (Å²) in [5, 5.41) is 0.266. The normalized spacial score (nSPS) is 10.2. The van der Waals surface area contributed by atoms with Gasteiger partial charge in [0.15, 0.2) is 0 Å². The van der Waals surface area contributed by atoms with Crippen molar-refractivity contribution in [1.82, 2.24) is 4.98 Å². The summed E-state index contributed by atoms with van der Waals surface area (Å²) >= 11 is 5.95. The molecule has 0 aliphatic rings. The van der Waals surface area contributed by atoms with Crippen LogP contribution >= 0.6 is 11.6 Å². The van der Waals surface area contributed by atoms with E-state index in [1.54, 1.807) is 6.07 Å². The molecule has 0 radical (unpaired) electrons. The molecule has 5 heteroatoms. The Morgan fingerprint density at radius 2 is 2.00 bits per heavy atom. The van der Waals surface area contributed by atoms with Crippen LogP contribution in [0.4, 0.5) is 5.82 Å². The summed E-state index contributed by atoms with van der Waals surface area (Å²) in [6.45, 7) is 0.675. The van der Waals surface area contributed by atoms with E-state index in [1.807, 2.05) is 42.3 Å². The number of ether oxygens (including phenoxy) is 1. The van der Waals surface area contributed by atoms with Crippen molar-refractivity contribution in [3.8, 4) is 0 Å². The SMILES string of the molecule is COC(=O)c1cc(Cl)nc(N(C)Cc2ccccc2)c1. The summed E-state index contributed by atoms with van der Waals surface area (Å²) in [7, 11) is 3.23. The molecule has 0 unspecified atom stereocenters. The maximum Gasteiger partial charge on any atom is 0.338 e. The first-order chi connectivity index (χ1) is 9.60. The van der Waals surface area contributed by atoms with Crippen LogP contribution in [0.5, 0.6) is 0 Å². The number of carbonyl (C=O) groups is 1. The number of pyridine rings is 1. The highest BCUT2D eigenvalue weighted by molar-refractivity contribution is 6.29. The third-order valence-corrected chi connectivity index (χ3v) is 3.05. The van der Waals surface area contributed by atoms with Crippen molar-refractivity contribution >= 4 is 23.4 Å². The highest BCUT2D eigenvalue weighted by Gasteiger charge is 2.12. The van der Waals surface area contributed by atoms with E-state index in [1.165, 1.54) is 13.2 Å². The fraction of sp³-hybridized carbons (Fsp3) is 0.200. The lowest BCUT2D eigenvalue weighted by Gasteiger charge is -2.19. The number of benzene rings is 1. The molecule has 0 saturated carbocycles. The van der Waals surface area contributed by atoms with E-state index in [-0.39, 0.29) is 5.15 Å². The van der Waals surface area contributed by atoms with Gasteiger partial charge in [0.2, 0.25) is 0 Å². The van der Waals surface area contributed by atoms with E-state index in [0.717, 1.165) is 5.56 Å². The number of carbonyl (C=O) groups excluding carboxylic acids is 1. The van der Waals surface area contributed by atoms with Crippen molar-refractivity contribution in [2.24, 2.45) is 0 Å². The molecule has 0 bridgehead atoms. The second-order valence-electron chi connectivity index (χ2n) is 4.37. The molecule has 2 rings (SSSR count). The van der Waals surface area contributed by atoms with E-state index in [9.17, 15) is 4.79 Å². The van der Waals surface area contributed by atoms with Gasteiger partial charge in [-0.3, -0.25) is 0 Å². The fourth-order valence-corrected chi connectivity index (χ4v) is 2.06. The lowest BCUT2D eigenvalue weighted by atomic mass is 10.2. The average Bonchev–Trinajstić information content (AvgIpc) is 2.46. The molecule has 0 atom stereocenters. The average molecular weight is 291 g/mol. The molecule has 0 amide bonds. The van der Waals surface area contributed by atoms with Gasteiger partial charge in [-0.1, -0.05) is 41.9 Å². The Kier molecular flexibility index (Phi) is 4.58. The van der Waals surface area contributed by atoms with Crippen molar-refractivity contribution < 1.29 is 9.53 Å². The number of halogens is 1. The van der Waals surface area contributed by atoms with E-state index in [2.05, 4.69) is 4.98 Å². The Bertz CT molecular complexity index is 602. The number of aromatic nitrogens is 1. The summed E-state index contributed by atoms with van der Waals surface area (Å²) in [6, 6.07) is 13.2. The Morgan fingerprint density at radius 3 is 2.65 bits per heavy atom. The van der Waals surface area contributed by atoms with Crippen molar-refractivity contribution in [2.75, 3.05) is 19.1 Å². The molecular weight excluding hydrogens is 276 g/mol. The minimum Gasteiger partial charge on any atom is -0.465 e.